The van der Waals surface area contributed by atoms with Gasteiger partial charge in [-0.1, -0.05) is 11.6 Å². The second-order valence-corrected chi connectivity index (χ2v) is 3.34. The smallest absolute Gasteiger partial charge is 0.364 e. The molecule has 1 rings (SSSR count). The number of hydrogen-bond donors (Lipinski definition) is 4. The summed E-state index contributed by atoms with van der Waals surface area (Å²) in [5, 5.41) is 33.3. The highest BCUT2D eigenvalue weighted by Gasteiger charge is 2.54. The molecule has 1 heterocycles. The van der Waals surface area contributed by atoms with E-state index in [1.165, 1.54) is 0 Å². The minimum atomic E-state index is -2.95. The standard InChI is InChI=1S/C6H7ClO7/c7-6(13)3(10)1(8)2(9)4(11)14-5(6)12/h1-3,8-10,13H. The normalized spacial score (nSPS) is 44.5. The Bertz CT molecular complexity index is 275. The van der Waals surface area contributed by atoms with Crippen molar-refractivity contribution in [2.24, 2.45) is 0 Å². The average molecular weight is 227 g/mol. The van der Waals surface area contributed by atoms with Gasteiger partial charge in [-0.2, -0.15) is 0 Å². The molecule has 1 aliphatic heterocycles. The summed E-state index contributed by atoms with van der Waals surface area (Å²) in [6.07, 6.45) is -6.46. The Balaban J connectivity index is 3.07. The van der Waals surface area contributed by atoms with E-state index in [0.717, 1.165) is 0 Å². The molecule has 1 aliphatic rings. The van der Waals surface area contributed by atoms with Crippen molar-refractivity contribution in [3.63, 3.8) is 0 Å². The lowest BCUT2D eigenvalue weighted by molar-refractivity contribution is -0.171. The summed E-state index contributed by atoms with van der Waals surface area (Å²) >= 11 is 5.11. The Labute approximate surface area is 82.5 Å². The van der Waals surface area contributed by atoms with Crippen molar-refractivity contribution >= 4 is 23.5 Å². The second-order valence-electron chi connectivity index (χ2n) is 2.76. The number of alkyl halides is 1. The molecule has 0 bridgehead atoms. The van der Waals surface area contributed by atoms with Crippen LogP contribution in [-0.2, 0) is 14.3 Å². The number of aliphatic hydroxyl groups excluding tert-OH is 3. The third kappa shape index (κ3) is 1.60. The molecule has 4 unspecified atom stereocenters. The Morgan fingerprint density at radius 3 is 2.29 bits per heavy atom. The average Bonchev–Trinajstić information content (AvgIpc) is 2.15. The van der Waals surface area contributed by atoms with E-state index in [1.807, 2.05) is 0 Å². The Morgan fingerprint density at radius 1 is 1.29 bits per heavy atom. The van der Waals surface area contributed by atoms with Gasteiger partial charge in [-0.25, -0.2) is 9.59 Å². The Kier molecular flexibility index (Phi) is 2.79. The summed E-state index contributed by atoms with van der Waals surface area (Å²) in [5.41, 5.74) is 0. The highest BCUT2D eigenvalue weighted by atomic mass is 35.5. The van der Waals surface area contributed by atoms with Crippen LogP contribution in [0, 0.1) is 0 Å². The first-order valence-corrected chi connectivity index (χ1v) is 3.88. The van der Waals surface area contributed by atoms with E-state index < -0.39 is 35.3 Å². The van der Waals surface area contributed by atoms with Crippen LogP contribution in [0.5, 0.6) is 0 Å². The third-order valence-corrected chi connectivity index (χ3v) is 2.14. The lowest BCUT2D eigenvalue weighted by Crippen LogP contribution is -2.51. The van der Waals surface area contributed by atoms with E-state index >= 15 is 0 Å². The van der Waals surface area contributed by atoms with Crippen LogP contribution in [0.3, 0.4) is 0 Å². The molecule has 0 saturated carbocycles. The highest BCUT2D eigenvalue weighted by Crippen LogP contribution is 2.26. The molecule has 0 aromatic rings. The van der Waals surface area contributed by atoms with Gasteiger partial charge in [0.1, 0.15) is 12.2 Å². The summed E-state index contributed by atoms with van der Waals surface area (Å²) in [6.45, 7) is 0. The number of halogens is 1. The van der Waals surface area contributed by atoms with Crippen LogP contribution in [-0.4, -0.2) is 55.7 Å². The van der Waals surface area contributed by atoms with E-state index in [4.69, 9.17) is 32.0 Å². The molecular weight excluding hydrogens is 220 g/mol. The summed E-state index contributed by atoms with van der Waals surface area (Å²) in [7, 11) is 0. The van der Waals surface area contributed by atoms with Gasteiger partial charge in [-0.05, 0) is 0 Å². The van der Waals surface area contributed by atoms with Gasteiger partial charge in [-0.3, -0.25) is 0 Å². The molecule has 0 amide bonds. The lowest BCUT2D eigenvalue weighted by atomic mass is 10.0. The monoisotopic (exact) mass is 226 g/mol. The van der Waals surface area contributed by atoms with Gasteiger partial charge < -0.3 is 25.2 Å². The topological polar surface area (TPSA) is 124 Å². The second kappa shape index (κ2) is 3.44. The van der Waals surface area contributed by atoms with Crippen LogP contribution < -0.4 is 0 Å². The zero-order valence-electron chi connectivity index (χ0n) is 6.62. The van der Waals surface area contributed by atoms with Gasteiger partial charge >= 0.3 is 11.9 Å². The molecule has 0 aromatic carbocycles. The van der Waals surface area contributed by atoms with Gasteiger partial charge in [0, 0.05) is 0 Å². The van der Waals surface area contributed by atoms with Crippen molar-refractivity contribution in [2.75, 3.05) is 0 Å². The molecule has 4 atom stereocenters. The van der Waals surface area contributed by atoms with E-state index in [-0.39, 0.29) is 0 Å². The minimum Gasteiger partial charge on any atom is -0.388 e. The number of cyclic esters (lactones) is 2. The number of aliphatic hydroxyl groups is 4. The van der Waals surface area contributed by atoms with E-state index in [0.29, 0.717) is 0 Å². The molecule has 0 radical (unpaired) electrons. The Hall–Kier alpha value is -0.730. The van der Waals surface area contributed by atoms with E-state index in [9.17, 15) is 9.59 Å². The summed E-state index contributed by atoms with van der Waals surface area (Å²) in [6, 6.07) is 0. The maximum Gasteiger partial charge on any atom is 0.364 e. The quantitative estimate of drug-likeness (QED) is 0.198. The van der Waals surface area contributed by atoms with Crippen LogP contribution in [0.2, 0.25) is 0 Å². The van der Waals surface area contributed by atoms with E-state index in [1.54, 1.807) is 0 Å². The molecular formula is C6H7ClO7. The fraction of sp³-hybridized carbons (Fsp3) is 0.667. The number of rotatable bonds is 0. The lowest BCUT2D eigenvalue weighted by Gasteiger charge is -2.24. The number of carbonyl (C=O) groups is 2. The highest BCUT2D eigenvalue weighted by molar-refractivity contribution is 6.33. The molecule has 14 heavy (non-hydrogen) atoms. The fourth-order valence-corrected chi connectivity index (χ4v) is 1.05. The molecule has 0 aromatic heterocycles. The summed E-state index contributed by atoms with van der Waals surface area (Å²) < 4.78 is 3.85. The van der Waals surface area contributed by atoms with Crippen LogP contribution >= 0.6 is 11.6 Å². The molecule has 4 N–H and O–H groups in total. The van der Waals surface area contributed by atoms with Gasteiger partial charge in [0.05, 0.1) is 0 Å². The third-order valence-electron chi connectivity index (χ3n) is 1.76. The first kappa shape index (κ1) is 11.3. The number of carbonyl (C=O) groups excluding carboxylic acids is 2. The van der Waals surface area contributed by atoms with Crippen molar-refractivity contribution in [2.45, 2.75) is 23.4 Å². The zero-order chi connectivity index (χ0) is 11.1. The Morgan fingerprint density at radius 2 is 1.79 bits per heavy atom. The van der Waals surface area contributed by atoms with E-state index in [2.05, 4.69) is 4.74 Å². The zero-order valence-corrected chi connectivity index (χ0v) is 7.38. The first-order valence-electron chi connectivity index (χ1n) is 3.50. The molecule has 0 aliphatic carbocycles. The van der Waals surface area contributed by atoms with Crippen LogP contribution in [0.25, 0.3) is 0 Å². The molecule has 1 saturated heterocycles. The van der Waals surface area contributed by atoms with Gasteiger partial charge in [0.15, 0.2) is 6.10 Å². The van der Waals surface area contributed by atoms with Gasteiger partial charge in [-0.15, -0.1) is 0 Å². The van der Waals surface area contributed by atoms with Crippen LogP contribution in [0.15, 0.2) is 0 Å². The van der Waals surface area contributed by atoms with Gasteiger partial charge in [0.2, 0.25) is 0 Å². The maximum atomic E-state index is 10.8. The number of esters is 2. The molecule has 8 heteroatoms. The minimum absolute atomic E-state index is 1.49. The van der Waals surface area contributed by atoms with Crippen LogP contribution in [0.4, 0.5) is 0 Å². The SMILES string of the molecule is O=C1OC(=O)C(O)(Cl)C(O)C(O)C1O. The van der Waals surface area contributed by atoms with Crippen molar-refractivity contribution in [3.8, 4) is 0 Å². The number of ether oxygens (including phenoxy) is 1. The molecule has 0 spiro atoms. The molecule has 7 nitrogen and oxygen atoms in total. The van der Waals surface area contributed by atoms with Crippen molar-refractivity contribution < 1.29 is 34.8 Å². The predicted octanol–water partition coefficient (Wildman–Crippen LogP) is -2.92. The predicted molar refractivity (Wildman–Crippen MR) is 39.9 cm³/mol. The fourth-order valence-electron chi connectivity index (χ4n) is 0.882. The van der Waals surface area contributed by atoms with Crippen molar-refractivity contribution in [3.05, 3.63) is 0 Å². The van der Waals surface area contributed by atoms with Crippen molar-refractivity contribution in [1.82, 2.24) is 0 Å². The molecule has 1 fully saturated rings. The first-order chi connectivity index (χ1) is 6.28. The van der Waals surface area contributed by atoms with Crippen molar-refractivity contribution in [1.29, 1.82) is 0 Å². The van der Waals surface area contributed by atoms with Crippen LogP contribution in [0.1, 0.15) is 0 Å². The summed E-state index contributed by atoms with van der Waals surface area (Å²) in [4.78, 5) is 21.6. The van der Waals surface area contributed by atoms with Gasteiger partial charge in [0.25, 0.3) is 5.06 Å². The summed E-state index contributed by atoms with van der Waals surface area (Å²) in [5.74, 6) is -3.13. The number of hydrogen-bond acceptors (Lipinski definition) is 7. The maximum absolute atomic E-state index is 10.8. The largest absolute Gasteiger partial charge is 0.388 e. The molecule has 80 valence electrons.